The summed E-state index contributed by atoms with van der Waals surface area (Å²) in [6.07, 6.45) is 7.88. The van der Waals surface area contributed by atoms with Crippen LogP contribution in [-0.2, 0) is 4.79 Å². The van der Waals surface area contributed by atoms with E-state index in [1.165, 1.54) is 37.7 Å². The van der Waals surface area contributed by atoms with Gasteiger partial charge in [-0.1, -0.05) is 55.7 Å². The lowest BCUT2D eigenvalue weighted by Crippen LogP contribution is -2.32. The number of carboxylic acids is 1. The molecule has 0 radical (unpaired) electrons. The van der Waals surface area contributed by atoms with E-state index in [0.29, 0.717) is 23.6 Å². The molecule has 2 aliphatic heterocycles. The first-order valence-electron chi connectivity index (χ1n) is 11.2. The molecule has 5 rings (SSSR count). The summed E-state index contributed by atoms with van der Waals surface area (Å²) < 4.78 is 0. The van der Waals surface area contributed by atoms with Gasteiger partial charge in [-0.25, -0.2) is 4.79 Å². The summed E-state index contributed by atoms with van der Waals surface area (Å²) in [6, 6.07) is 13.9. The first-order chi connectivity index (χ1) is 15.1. The Hall–Kier alpha value is -2.92. The number of nitrogens with zero attached hydrogens (tertiary/aromatic N) is 1. The van der Waals surface area contributed by atoms with E-state index in [-0.39, 0.29) is 17.7 Å². The van der Waals surface area contributed by atoms with Crippen molar-refractivity contribution < 1.29 is 19.8 Å². The van der Waals surface area contributed by atoms with Gasteiger partial charge < -0.3 is 15.1 Å². The molecule has 0 amide bonds. The van der Waals surface area contributed by atoms with E-state index < -0.39 is 12.6 Å². The maximum absolute atomic E-state index is 12.2. The van der Waals surface area contributed by atoms with Gasteiger partial charge in [-0.15, -0.1) is 0 Å². The van der Waals surface area contributed by atoms with Crippen molar-refractivity contribution >= 4 is 23.5 Å². The predicted molar refractivity (Wildman–Crippen MR) is 119 cm³/mol. The molecule has 2 aromatic rings. The molecule has 0 saturated heterocycles. The third-order valence-electron chi connectivity index (χ3n) is 7.26. The van der Waals surface area contributed by atoms with Crippen molar-refractivity contribution in [2.45, 2.75) is 44.1 Å². The van der Waals surface area contributed by atoms with E-state index in [4.69, 9.17) is 0 Å². The molecule has 2 atom stereocenters. The molecule has 0 aromatic heterocycles. The minimum atomic E-state index is -0.916. The normalized spacial score (nSPS) is 22.7. The number of carbonyl (C=O) groups is 2. The Morgan fingerprint density at radius 2 is 1.77 bits per heavy atom. The quantitative estimate of drug-likeness (QED) is 0.713. The van der Waals surface area contributed by atoms with Gasteiger partial charge in [0.2, 0.25) is 0 Å². The van der Waals surface area contributed by atoms with Crippen LogP contribution < -0.4 is 4.90 Å². The summed E-state index contributed by atoms with van der Waals surface area (Å²) in [4.78, 5) is 26.5. The number of Topliss-reactive ketones (excluding diaryl/α,β-unsaturated/α-hetero) is 1. The summed E-state index contributed by atoms with van der Waals surface area (Å²) in [5.74, 6) is -0.442. The number of benzene rings is 2. The highest BCUT2D eigenvalue weighted by atomic mass is 16.4. The number of carboxylic acid groups (broad SMARTS) is 1. The number of ketones is 1. The summed E-state index contributed by atoms with van der Waals surface area (Å²) >= 11 is 0. The number of hydrogen-bond acceptors (Lipinski definition) is 4. The monoisotopic (exact) mass is 417 g/mol. The molecule has 0 spiro atoms. The zero-order chi connectivity index (χ0) is 21.5. The fourth-order valence-electron chi connectivity index (χ4n) is 5.86. The summed E-state index contributed by atoms with van der Waals surface area (Å²) in [6.45, 7) is -0.237. The number of aliphatic hydroxyl groups excluding tert-OH is 1. The lowest BCUT2D eigenvalue weighted by atomic mass is 9.73. The molecule has 5 nitrogen and oxygen atoms in total. The highest BCUT2D eigenvalue weighted by Crippen LogP contribution is 2.56. The Morgan fingerprint density at radius 3 is 2.52 bits per heavy atom. The van der Waals surface area contributed by atoms with Crippen molar-refractivity contribution in [3.63, 3.8) is 0 Å². The van der Waals surface area contributed by atoms with Gasteiger partial charge in [-0.05, 0) is 47.6 Å². The van der Waals surface area contributed by atoms with E-state index in [1.807, 2.05) is 36.4 Å². The zero-order valence-corrected chi connectivity index (χ0v) is 17.5. The minimum absolute atomic E-state index is 0.0434. The Kier molecular flexibility index (Phi) is 5.14. The predicted octanol–water partition coefficient (Wildman–Crippen LogP) is 4.57. The summed E-state index contributed by atoms with van der Waals surface area (Å²) in [5, 5.41) is 19.2. The number of anilines is 1. The fraction of sp³-hybridized carbons (Fsp3) is 0.385. The van der Waals surface area contributed by atoms with Crippen LogP contribution in [0.1, 0.15) is 71.1 Å². The van der Waals surface area contributed by atoms with Gasteiger partial charge >= 0.3 is 5.97 Å². The molecule has 2 aromatic carbocycles. The van der Waals surface area contributed by atoms with Gasteiger partial charge in [-0.2, -0.15) is 0 Å². The number of aliphatic hydroxyl groups is 1. The van der Waals surface area contributed by atoms with Crippen LogP contribution >= 0.6 is 0 Å². The molecular formula is C26H27NO4. The third-order valence-corrected chi connectivity index (χ3v) is 7.26. The van der Waals surface area contributed by atoms with Crippen LogP contribution in [0.15, 0.2) is 48.0 Å². The highest BCUT2D eigenvalue weighted by molar-refractivity contribution is 5.99. The second kappa shape index (κ2) is 7.97. The molecule has 31 heavy (non-hydrogen) atoms. The molecule has 5 heteroatoms. The topological polar surface area (TPSA) is 77.8 Å². The van der Waals surface area contributed by atoms with Crippen molar-refractivity contribution in [3.05, 3.63) is 70.3 Å². The van der Waals surface area contributed by atoms with Gasteiger partial charge in [0.15, 0.2) is 5.78 Å². The molecule has 1 aliphatic carbocycles. The van der Waals surface area contributed by atoms with Crippen molar-refractivity contribution in [2.24, 2.45) is 5.92 Å². The maximum atomic E-state index is 12.2. The summed E-state index contributed by atoms with van der Waals surface area (Å²) in [7, 11) is 0. The van der Waals surface area contributed by atoms with Gasteiger partial charge in [0.05, 0.1) is 18.2 Å². The Bertz CT molecular complexity index is 1070. The molecule has 1 fully saturated rings. The van der Waals surface area contributed by atoms with Crippen molar-refractivity contribution in [2.75, 3.05) is 18.1 Å². The van der Waals surface area contributed by atoms with Gasteiger partial charge in [0.25, 0.3) is 0 Å². The highest BCUT2D eigenvalue weighted by Gasteiger charge is 2.45. The Balaban J connectivity index is 1.70. The summed E-state index contributed by atoms with van der Waals surface area (Å²) in [5.41, 5.74) is 5.08. The van der Waals surface area contributed by atoms with E-state index in [9.17, 15) is 19.8 Å². The molecule has 2 heterocycles. The molecule has 0 bridgehead atoms. The molecule has 160 valence electrons. The molecule has 2 unspecified atom stereocenters. The van der Waals surface area contributed by atoms with E-state index in [2.05, 4.69) is 11.0 Å². The number of rotatable bonds is 4. The van der Waals surface area contributed by atoms with Crippen LogP contribution in [0.3, 0.4) is 0 Å². The average Bonchev–Trinajstić information content (AvgIpc) is 3.01. The first kappa shape index (κ1) is 20.0. The number of carbonyl (C=O) groups excluding carboxylic acids is 1. The van der Waals surface area contributed by atoms with E-state index in [0.717, 1.165) is 16.8 Å². The molecule has 1 saturated carbocycles. The zero-order valence-electron chi connectivity index (χ0n) is 17.5. The van der Waals surface area contributed by atoms with Gasteiger partial charge in [-0.3, -0.25) is 4.79 Å². The smallest absolute Gasteiger partial charge is 0.333 e. The van der Waals surface area contributed by atoms with Gasteiger partial charge in [0, 0.05) is 17.2 Å². The van der Waals surface area contributed by atoms with Crippen molar-refractivity contribution in [1.82, 2.24) is 0 Å². The van der Waals surface area contributed by atoms with Crippen molar-refractivity contribution in [3.8, 4) is 0 Å². The number of fused-ring (bicyclic) bond motifs is 5. The Labute approximate surface area is 182 Å². The third kappa shape index (κ3) is 3.37. The first-order valence-corrected chi connectivity index (χ1v) is 11.2. The van der Waals surface area contributed by atoms with Crippen LogP contribution in [0.25, 0.3) is 6.08 Å². The standard InChI is InChI=1S/C26H27NO4/c28-15-23(29)18-10-11-21-22(13-18)27-14-19(26(30)31)12-17-8-4-5-9-20(17)25(27)24(21)16-6-2-1-3-7-16/h4-5,8-13,16,24-25,28H,1-3,6-7,14-15H2,(H,30,31). The average molecular weight is 418 g/mol. The fourth-order valence-corrected chi connectivity index (χ4v) is 5.86. The van der Waals surface area contributed by atoms with E-state index >= 15 is 0 Å². The van der Waals surface area contributed by atoms with Crippen LogP contribution in [0.2, 0.25) is 0 Å². The maximum Gasteiger partial charge on any atom is 0.333 e. The van der Waals surface area contributed by atoms with E-state index in [1.54, 1.807) is 6.08 Å². The minimum Gasteiger partial charge on any atom is -0.478 e. The second-order valence-corrected chi connectivity index (χ2v) is 8.96. The SMILES string of the molecule is O=C(O)C1=Cc2ccccc2C2C(C3CCCCC3)c3ccc(C(=O)CO)cc3N2C1. The molecular weight excluding hydrogens is 390 g/mol. The van der Waals surface area contributed by atoms with Crippen LogP contribution in [-0.4, -0.2) is 35.1 Å². The largest absolute Gasteiger partial charge is 0.478 e. The van der Waals surface area contributed by atoms with Crippen LogP contribution in [0, 0.1) is 5.92 Å². The van der Waals surface area contributed by atoms with Crippen LogP contribution in [0.5, 0.6) is 0 Å². The lowest BCUT2D eigenvalue weighted by molar-refractivity contribution is -0.132. The van der Waals surface area contributed by atoms with Crippen molar-refractivity contribution in [1.29, 1.82) is 0 Å². The molecule has 2 N–H and O–H groups in total. The number of hydrogen-bond donors (Lipinski definition) is 2. The van der Waals surface area contributed by atoms with Gasteiger partial charge in [0.1, 0.15) is 6.61 Å². The number of aliphatic carboxylic acids is 1. The second-order valence-electron chi connectivity index (χ2n) is 8.96. The molecule has 3 aliphatic rings. The Morgan fingerprint density at radius 1 is 1.00 bits per heavy atom. The van der Waals surface area contributed by atoms with Crippen LogP contribution in [0.4, 0.5) is 5.69 Å². The lowest BCUT2D eigenvalue weighted by Gasteiger charge is -2.36.